The Hall–Kier alpha value is -2.33. The molecule has 0 amide bonds. The number of hydrogen-bond acceptors (Lipinski definition) is 3. The van der Waals surface area contributed by atoms with Crippen molar-refractivity contribution >= 4 is 27.4 Å². The Morgan fingerprint density at radius 1 is 0.909 bits per heavy atom. The Morgan fingerprint density at radius 3 is 1.95 bits per heavy atom. The van der Waals surface area contributed by atoms with Gasteiger partial charge in [-0.2, -0.15) is 0 Å². The first-order valence-electron chi connectivity index (χ1n) is 7.01. The van der Waals surface area contributed by atoms with Crippen LogP contribution in [0.25, 0.3) is 0 Å². The van der Waals surface area contributed by atoms with E-state index in [0.29, 0.717) is 11.5 Å². The van der Waals surface area contributed by atoms with Gasteiger partial charge in [-0.1, -0.05) is 60.7 Å². The number of benzene rings is 2. The second-order valence-electron chi connectivity index (χ2n) is 4.99. The minimum Gasteiger partial charge on any atom is -0.396 e. The van der Waals surface area contributed by atoms with E-state index in [0.717, 1.165) is 15.6 Å². The maximum Gasteiger partial charge on any atom is 0.149 e. The zero-order valence-corrected chi connectivity index (χ0v) is 13.5. The molecule has 0 fully saturated rings. The van der Waals surface area contributed by atoms with E-state index in [1.165, 1.54) is 0 Å². The molecule has 110 valence electrons. The van der Waals surface area contributed by atoms with Crippen molar-refractivity contribution < 1.29 is 0 Å². The van der Waals surface area contributed by atoms with Crippen LogP contribution < -0.4 is 11.1 Å². The van der Waals surface area contributed by atoms with Crippen LogP contribution in [0.4, 0.5) is 11.5 Å². The number of halogens is 1. The molecule has 1 heterocycles. The van der Waals surface area contributed by atoms with Crippen molar-refractivity contribution in [2.45, 2.75) is 6.04 Å². The third kappa shape index (κ3) is 3.28. The summed E-state index contributed by atoms with van der Waals surface area (Å²) >= 11 is 3.38. The zero-order chi connectivity index (χ0) is 15.4. The van der Waals surface area contributed by atoms with Crippen molar-refractivity contribution in [1.82, 2.24) is 4.98 Å². The number of nitrogens with one attached hydrogen (secondary N) is 1. The molecule has 2 aromatic carbocycles. The van der Waals surface area contributed by atoms with E-state index in [2.05, 4.69) is 50.5 Å². The van der Waals surface area contributed by atoms with Crippen LogP contribution in [0.1, 0.15) is 17.2 Å². The van der Waals surface area contributed by atoms with Crippen LogP contribution in [0, 0.1) is 0 Å². The highest BCUT2D eigenvalue weighted by atomic mass is 79.9. The molecule has 22 heavy (non-hydrogen) atoms. The number of nitrogens with zero attached hydrogens (tertiary/aromatic N) is 1. The predicted molar refractivity (Wildman–Crippen MR) is 94.7 cm³/mol. The topological polar surface area (TPSA) is 50.9 Å². The highest BCUT2D eigenvalue weighted by molar-refractivity contribution is 9.10. The number of nitrogen functional groups attached to an aromatic ring is 1. The van der Waals surface area contributed by atoms with Crippen molar-refractivity contribution in [3.05, 3.63) is 88.5 Å². The minimum atomic E-state index is -0.00150. The van der Waals surface area contributed by atoms with E-state index in [4.69, 9.17) is 5.73 Å². The summed E-state index contributed by atoms with van der Waals surface area (Å²) in [6.45, 7) is 0. The summed E-state index contributed by atoms with van der Waals surface area (Å²) < 4.78 is 0.867. The van der Waals surface area contributed by atoms with Crippen molar-refractivity contribution in [3.8, 4) is 0 Å². The van der Waals surface area contributed by atoms with Crippen LogP contribution in [0.3, 0.4) is 0 Å². The lowest BCUT2D eigenvalue weighted by atomic mass is 9.99. The van der Waals surface area contributed by atoms with Crippen molar-refractivity contribution in [2.75, 3.05) is 11.1 Å². The van der Waals surface area contributed by atoms with E-state index in [-0.39, 0.29) is 6.04 Å². The largest absolute Gasteiger partial charge is 0.396 e. The van der Waals surface area contributed by atoms with Crippen LogP contribution in [0.5, 0.6) is 0 Å². The number of hydrogen-bond donors (Lipinski definition) is 2. The van der Waals surface area contributed by atoms with Gasteiger partial charge in [0, 0.05) is 10.7 Å². The van der Waals surface area contributed by atoms with Gasteiger partial charge in [0.05, 0.1) is 11.7 Å². The van der Waals surface area contributed by atoms with Crippen molar-refractivity contribution in [2.24, 2.45) is 0 Å². The van der Waals surface area contributed by atoms with Gasteiger partial charge >= 0.3 is 0 Å². The van der Waals surface area contributed by atoms with Gasteiger partial charge in [0.15, 0.2) is 0 Å². The molecule has 0 atom stereocenters. The van der Waals surface area contributed by atoms with Gasteiger partial charge in [-0.3, -0.25) is 0 Å². The van der Waals surface area contributed by atoms with Gasteiger partial charge in [-0.15, -0.1) is 0 Å². The van der Waals surface area contributed by atoms with E-state index in [9.17, 15) is 0 Å². The first-order valence-corrected chi connectivity index (χ1v) is 7.81. The molecule has 1 aromatic heterocycles. The quantitative estimate of drug-likeness (QED) is 0.718. The highest BCUT2D eigenvalue weighted by Crippen LogP contribution is 2.29. The van der Waals surface area contributed by atoms with E-state index in [1.54, 1.807) is 6.20 Å². The standard InChI is InChI=1S/C18H16BrN3/c19-15-11-16(20)18(21-12-15)22-17(13-7-3-1-4-8-13)14-9-5-2-6-10-14/h1-12,17H,20H2,(H,21,22). The summed E-state index contributed by atoms with van der Waals surface area (Å²) in [6.07, 6.45) is 1.74. The van der Waals surface area contributed by atoms with Gasteiger partial charge < -0.3 is 11.1 Å². The van der Waals surface area contributed by atoms with Crippen molar-refractivity contribution in [1.29, 1.82) is 0 Å². The Labute approximate surface area is 138 Å². The highest BCUT2D eigenvalue weighted by Gasteiger charge is 2.15. The third-order valence-electron chi connectivity index (χ3n) is 3.43. The molecule has 3 rings (SSSR count). The Bertz CT molecular complexity index is 705. The zero-order valence-electron chi connectivity index (χ0n) is 11.9. The summed E-state index contributed by atoms with van der Waals surface area (Å²) in [5.41, 5.74) is 9.02. The molecule has 3 N–H and O–H groups in total. The second kappa shape index (κ2) is 6.62. The summed E-state index contributed by atoms with van der Waals surface area (Å²) in [5, 5.41) is 3.45. The molecule has 0 saturated heterocycles. The molecule has 3 nitrogen and oxygen atoms in total. The van der Waals surface area contributed by atoms with Gasteiger partial charge in [0.2, 0.25) is 0 Å². The average molecular weight is 354 g/mol. The molecular formula is C18H16BrN3. The molecule has 4 heteroatoms. The number of rotatable bonds is 4. The molecule has 3 aromatic rings. The molecule has 0 unspecified atom stereocenters. The Balaban J connectivity index is 1.99. The van der Waals surface area contributed by atoms with E-state index >= 15 is 0 Å². The lowest BCUT2D eigenvalue weighted by Gasteiger charge is -2.21. The molecule has 0 aliphatic heterocycles. The molecular weight excluding hydrogens is 338 g/mol. The van der Waals surface area contributed by atoms with E-state index < -0.39 is 0 Å². The monoisotopic (exact) mass is 353 g/mol. The molecule has 0 radical (unpaired) electrons. The van der Waals surface area contributed by atoms with E-state index in [1.807, 2.05) is 42.5 Å². The van der Waals surface area contributed by atoms with Crippen LogP contribution in [0.15, 0.2) is 77.4 Å². The lowest BCUT2D eigenvalue weighted by Crippen LogP contribution is -2.14. The molecule has 0 spiro atoms. The SMILES string of the molecule is Nc1cc(Br)cnc1NC(c1ccccc1)c1ccccc1. The minimum absolute atomic E-state index is 0.00150. The van der Waals surface area contributed by atoms with Gasteiger partial charge in [0.1, 0.15) is 5.82 Å². The van der Waals surface area contributed by atoms with Crippen LogP contribution >= 0.6 is 15.9 Å². The average Bonchev–Trinajstić information content (AvgIpc) is 2.56. The molecule has 0 bridgehead atoms. The summed E-state index contributed by atoms with van der Waals surface area (Å²) in [5.74, 6) is 0.681. The van der Waals surface area contributed by atoms with Gasteiger partial charge in [0.25, 0.3) is 0 Å². The summed E-state index contributed by atoms with van der Waals surface area (Å²) in [7, 11) is 0. The fourth-order valence-corrected chi connectivity index (χ4v) is 2.71. The van der Waals surface area contributed by atoms with Crippen LogP contribution in [0.2, 0.25) is 0 Å². The lowest BCUT2D eigenvalue weighted by molar-refractivity contribution is 0.927. The van der Waals surface area contributed by atoms with Gasteiger partial charge in [-0.25, -0.2) is 4.98 Å². The van der Waals surface area contributed by atoms with Crippen LogP contribution in [-0.4, -0.2) is 4.98 Å². The molecule has 0 saturated carbocycles. The number of anilines is 2. The fourth-order valence-electron chi connectivity index (χ4n) is 2.36. The maximum atomic E-state index is 6.07. The smallest absolute Gasteiger partial charge is 0.149 e. The van der Waals surface area contributed by atoms with Crippen LogP contribution in [-0.2, 0) is 0 Å². The molecule has 0 aliphatic rings. The first-order chi connectivity index (χ1) is 10.7. The summed E-state index contributed by atoms with van der Waals surface area (Å²) in [6, 6.07) is 22.4. The van der Waals surface area contributed by atoms with Crippen molar-refractivity contribution in [3.63, 3.8) is 0 Å². The number of nitrogens with two attached hydrogens (primary N) is 1. The third-order valence-corrected chi connectivity index (χ3v) is 3.86. The normalized spacial score (nSPS) is 10.6. The Morgan fingerprint density at radius 2 is 1.45 bits per heavy atom. The maximum absolute atomic E-state index is 6.07. The predicted octanol–water partition coefficient (Wildman–Crippen LogP) is 4.63. The number of pyridine rings is 1. The summed E-state index contributed by atoms with van der Waals surface area (Å²) in [4.78, 5) is 4.39. The van der Waals surface area contributed by atoms with Gasteiger partial charge in [-0.05, 0) is 33.1 Å². The first kappa shape index (κ1) is 14.6. The fraction of sp³-hybridized carbons (Fsp3) is 0.0556. The second-order valence-corrected chi connectivity index (χ2v) is 5.91. The molecule has 0 aliphatic carbocycles. The Kier molecular flexibility index (Phi) is 4.39. The number of aromatic nitrogens is 1.